The third-order valence-corrected chi connectivity index (χ3v) is 2.34. The van der Waals surface area contributed by atoms with E-state index in [2.05, 4.69) is 4.98 Å². The number of H-pyrrole nitrogens is 1. The van der Waals surface area contributed by atoms with Crippen LogP contribution >= 0.6 is 0 Å². The number of aromatic amines is 1. The van der Waals surface area contributed by atoms with Crippen molar-refractivity contribution in [3.63, 3.8) is 0 Å². The molecule has 0 aliphatic carbocycles. The molecule has 5 heteroatoms. The number of para-hydroxylation sites is 1. The van der Waals surface area contributed by atoms with Crippen LogP contribution in [0.3, 0.4) is 0 Å². The molecule has 0 bridgehead atoms. The zero-order chi connectivity index (χ0) is 11.7. The number of aliphatic hydroxyl groups is 1. The van der Waals surface area contributed by atoms with Crippen molar-refractivity contribution in [1.82, 2.24) is 9.55 Å². The van der Waals surface area contributed by atoms with E-state index in [4.69, 9.17) is 0 Å². The van der Waals surface area contributed by atoms with Crippen molar-refractivity contribution in [2.75, 3.05) is 0 Å². The van der Waals surface area contributed by atoms with Crippen LogP contribution < -0.4 is 11.2 Å². The number of hydrogen-bond donors (Lipinski definition) is 2. The van der Waals surface area contributed by atoms with Gasteiger partial charge in [0, 0.05) is 0 Å². The van der Waals surface area contributed by atoms with Gasteiger partial charge < -0.3 is 10.1 Å². The van der Waals surface area contributed by atoms with E-state index in [-0.39, 0.29) is 12.1 Å². The Balaban J connectivity index is 2.76. The van der Waals surface area contributed by atoms with Gasteiger partial charge in [-0.2, -0.15) is 0 Å². The minimum atomic E-state index is -0.736. The second-order valence-electron chi connectivity index (χ2n) is 3.74. The van der Waals surface area contributed by atoms with E-state index in [0.29, 0.717) is 10.9 Å². The van der Waals surface area contributed by atoms with Crippen LogP contribution in [0.4, 0.5) is 0 Å². The van der Waals surface area contributed by atoms with E-state index in [0.717, 1.165) is 4.57 Å². The Hall–Kier alpha value is -1.88. The summed E-state index contributed by atoms with van der Waals surface area (Å²) in [4.78, 5) is 26.1. The zero-order valence-corrected chi connectivity index (χ0v) is 8.80. The Labute approximate surface area is 91.0 Å². The Bertz CT molecular complexity index is 625. The lowest BCUT2D eigenvalue weighted by atomic mass is 10.2. The van der Waals surface area contributed by atoms with Gasteiger partial charge >= 0.3 is 5.69 Å². The fraction of sp³-hybridized carbons (Fsp3) is 0.273. The quantitative estimate of drug-likeness (QED) is 0.752. The first-order chi connectivity index (χ1) is 7.59. The van der Waals surface area contributed by atoms with Crippen molar-refractivity contribution in [3.8, 4) is 0 Å². The minimum Gasteiger partial charge on any atom is -0.392 e. The van der Waals surface area contributed by atoms with Crippen LogP contribution in [-0.4, -0.2) is 20.8 Å². The summed E-state index contributed by atoms with van der Waals surface area (Å²) in [5, 5.41) is 9.66. The van der Waals surface area contributed by atoms with Crippen LogP contribution in [0.5, 0.6) is 0 Å². The maximum Gasteiger partial charge on any atom is 0.328 e. The van der Waals surface area contributed by atoms with Gasteiger partial charge in [-0.25, -0.2) is 4.79 Å². The molecule has 0 aliphatic rings. The molecule has 0 aliphatic heterocycles. The van der Waals surface area contributed by atoms with Gasteiger partial charge in [-0.15, -0.1) is 0 Å². The molecular weight excluding hydrogens is 208 g/mol. The molecule has 5 nitrogen and oxygen atoms in total. The highest BCUT2D eigenvalue weighted by atomic mass is 16.3. The molecule has 0 radical (unpaired) electrons. The summed E-state index contributed by atoms with van der Waals surface area (Å²) in [7, 11) is 0. The lowest BCUT2D eigenvalue weighted by Gasteiger charge is -2.07. The van der Waals surface area contributed by atoms with Crippen molar-refractivity contribution in [2.45, 2.75) is 19.6 Å². The summed E-state index contributed by atoms with van der Waals surface area (Å²) in [5.41, 5.74) is -0.357. The smallest absolute Gasteiger partial charge is 0.328 e. The van der Waals surface area contributed by atoms with Gasteiger partial charge in [-0.05, 0) is 19.1 Å². The van der Waals surface area contributed by atoms with Crippen molar-refractivity contribution < 1.29 is 5.11 Å². The molecule has 0 fully saturated rings. The topological polar surface area (TPSA) is 75.1 Å². The number of hydrogen-bond acceptors (Lipinski definition) is 3. The first kappa shape index (κ1) is 10.6. The predicted molar refractivity (Wildman–Crippen MR) is 60.5 cm³/mol. The number of fused-ring (bicyclic) bond motifs is 1. The Kier molecular flexibility index (Phi) is 2.62. The van der Waals surface area contributed by atoms with Crippen LogP contribution in [0, 0.1) is 0 Å². The summed E-state index contributed by atoms with van der Waals surface area (Å²) >= 11 is 0. The van der Waals surface area contributed by atoms with Crippen LogP contribution in [-0.2, 0) is 6.54 Å². The minimum absolute atomic E-state index is 0.000991. The molecule has 1 atom stereocenters. The molecular formula is C11H12N2O3. The van der Waals surface area contributed by atoms with Crippen LogP contribution in [0.2, 0.25) is 0 Å². The van der Waals surface area contributed by atoms with E-state index in [1.54, 1.807) is 24.3 Å². The lowest BCUT2D eigenvalue weighted by Crippen LogP contribution is -2.37. The predicted octanol–water partition coefficient (Wildman–Crippen LogP) is 0.0706. The molecule has 1 aromatic carbocycles. The molecule has 84 valence electrons. The van der Waals surface area contributed by atoms with E-state index >= 15 is 0 Å². The number of nitrogens with zero attached hydrogens (tertiary/aromatic N) is 1. The Morgan fingerprint density at radius 3 is 2.75 bits per heavy atom. The molecule has 2 aromatic rings. The molecule has 16 heavy (non-hydrogen) atoms. The second-order valence-corrected chi connectivity index (χ2v) is 3.74. The normalized spacial score (nSPS) is 12.9. The van der Waals surface area contributed by atoms with E-state index in [1.165, 1.54) is 6.92 Å². The van der Waals surface area contributed by atoms with Gasteiger partial charge in [-0.3, -0.25) is 9.36 Å². The highest BCUT2D eigenvalue weighted by Gasteiger charge is 2.08. The molecule has 2 rings (SSSR count). The maximum absolute atomic E-state index is 11.9. The Morgan fingerprint density at radius 2 is 2.06 bits per heavy atom. The summed E-state index contributed by atoms with van der Waals surface area (Å²) in [5.74, 6) is 0. The summed E-state index contributed by atoms with van der Waals surface area (Å²) < 4.78 is 1.01. The van der Waals surface area contributed by atoms with E-state index in [1.807, 2.05) is 0 Å². The molecule has 1 unspecified atom stereocenters. The first-order valence-corrected chi connectivity index (χ1v) is 4.99. The third kappa shape index (κ3) is 1.77. The lowest BCUT2D eigenvalue weighted by molar-refractivity contribution is 0.170. The van der Waals surface area contributed by atoms with E-state index < -0.39 is 11.8 Å². The fourth-order valence-corrected chi connectivity index (χ4v) is 1.63. The number of rotatable bonds is 2. The maximum atomic E-state index is 11.9. The van der Waals surface area contributed by atoms with Gasteiger partial charge in [-0.1, -0.05) is 12.1 Å². The number of aliphatic hydroxyl groups excluding tert-OH is 1. The highest BCUT2D eigenvalue weighted by Crippen LogP contribution is 2.02. The van der Waals surface area contributed by atoms with Crippen molar-refractivity contribution in [2.24, 2.45) is 0 Å². The van der Waals surface area contributed by atoms with Gasteiger partial charge in [0.25, 0.3) is 5.56 Å². The number of benzene rings is 1. The fourth-order valence-electron chi connectivity index (χ4n) is 1.63. The molecule has 0 spiro atoms. The third-order valence-electron chi connectivity index (χ3n) is 2.34. The van der Waals surface area contributed by atoms with Gasteiger partial charge in [0.05, 0.1) is 23.6 Å². The average Bonchev–Trinajstić information content (AvgIpc) is 2.24. The molecule has 2 N–H and O–H groups in total. The Morgan fingerprint density at radius 1 is 1.38 bits per heavy atom. The van der Waals surface area contributed by atoms with E-state index in [9.17, 15) is 14.7 Å². The largest absolute Gasteiger partial charge is 0.392 e. The first-order valence-electron chi connectivity index (χ1n) is 4.99. The molecule has 0 amide bonds. The molecule has 1 heterocycles. The van der Waals surface area contributed by atoms with Crippen molar-refractivity contribution in [1.29, 1.82) is 0 Å². The highest BCUT2D eigenvalue weighted by molar-refractivity contribution is 5.76. The monoisotopic (exact) mass is 220 g/mol. The van der Waals surface area contributed by atoms with Crippen LogP contribution in [0.15, 0.2) is 33.9 Å². The van der Waals surface area contributed by atoms with Crippen molar-refractivity contribution in [3.05, 3.63) is 45.1 Å². The SMILES string of the molecule is CC(O)Cn1c(=O)[nH]c2ccccc2c1=O. The number of nitrogens with one attached hydrogen (secondary N) is 1. The zero-order valence-electron chi connectivity index (χ0n) is 8.80. The summed E-state index contributed by atoms with van der Waals surface area (Å²) in [6, 6.07) is 6.79. The average molecular weight is 220 g/mol. The molecule has 0 saturated carbocycles. The standard InChI is InChI=1S/C11H12N2O3/c1-7(14)6-13-10(15)8-4-2-3-5-9(8)12-11(13)16/h2-5,7,14H,6H2,1H3,(H,12,16). The van der Waals surface area contributed by atoms with Gasteiger partial charge in [0.1, 0.15) is 0 Å². The van der Waals surface area contributed by atoms with Crippen LogP contribution in [0.25, 0.3) is 10.9 Å². The molecule has 1 aromatic heterocycles. The summed E-state index contributed by atoms with van der Waals surface area (Å²) in [6.45, 7) is 1.53. The summed E-state index contributed by atoms with van der Waals surface area (Å²) in [6.07, 6.45) is -0.736. The van der Waals surface area contributed by atoms with Crippen molar-refractivity contribution >= 4 is 10.9 Å². The van der Waals surface area contributed by atoms with Gasteiger partial charge in [0.2, 0.25) is 0 Å². The van der Waals surface area contributed by atoms with Crippen LogP contribution in [0.1, 0.15) is 6.92 Å². The van der Waals surface area contributed by atoms with Gasteiger partial charge in [0.15, 0.2) is 0 Å². The molecule has 0 saturated heterocycles. The number of aromatic nitrogens is 2. The second kappa shape index (κ2) is 3.94.